The van der Waals surface area contributed by atoms with E-state index < -0.39 is 11.8 Å². The fourth-order valence-electron chi connectivity index (χ4n) is 2.33. The first-order valence-corrected chi connectivity index (χ1v) is 6.52. The Morgan fingerprint density at radius 1 is 1.21 bits per heavy atom. The van der Waals surface area contributed by atoms with Crippen LogP contribution in [0.4, 0.5) is 0 Å². The van der Waals surface area contributed by atoms with Crippen LogP contribution < -0.4 is 11.1 Å². The molecule has 1 saturated heterocycles. The van der Waals surface area contributed by atoms with Crippen LogP contribution in [0.5, 0.6) is 0 Å². The van der Waals surface area contributed by atoms with Crippen LogP contribution >= 0.6 is 0 Å². The van der Waals surface area contributed by atoms with E-state index in [9.17, 15) is 9.59 Å². The zero-order valence-electron chi connectivity index (χ0n) is 10.8. The van der Waals surface area contributed by atoms with Crippen molar-refractivity contribution in [3.8, 4) is 0 Å². The Kier molecular flexibility index (Phi) is 4.52. The summed E-state index contributed by atoms with van der Waals surface area (Å²) in [5.74, 6) is -1.59. The highest BCUT2D eigenvalue weighted by molar-refractivity contribution is 6.34. The number of benzene rings is 1. The second-order valence-electron chi connectivity index (χ2n) is 4.87. The second-order valence-corrected chi connectivity index (χ2v) is 4.87. The van der Waals surface area contributed by atoms with Gasteiger partial charge in [0.1, 0.15) is 0 Å². The SMILES string of the molecule is NC(=O)C(=O)NC1CCN(Cc2ccccc2)CC1. The first-order chi connectivity index (χ1) is 9.15. The normalized spacial score (nSPS) is 17.1. The molecule has 5 heteroatoms. The van der Waals surface area contributed by atoms with Crippen LogP contribution in [0.25, 0.3) is 0 Å². The van der Waals surface area contributed by atoms with Crippen molar-refractivity contribution in [1.29, 1.82) is 0 Å². The molecule has 0 bridgehead atoms. The van der Waals surface area contributed by atoms with Gasteiger partial charge in [0.25, 0.3) is 0 Å². The monoisotopic (exact) mass is 261 g/mol. The minimum absolute atomic E-state index is 0.0621. The highest BCUT2D eigenvalue weighted by Crippen LogP contribution is 2.13. The molecule has 5 nitrogen and oxygen atoms in total. The topological polar surface area (TPSA) is 75.4 Å². The molecule has 19 heavy (non-hydrogen) atoms. The van der Waals surface area contributed by atoms with Gasteiger partial charge in [-0.15, -0.1) is 0 Å². The van der Waals surface area contributed by atoms with Crippen LogP contribution in [0, 0.1) is 0 Å². The maximum Gasteiger partial charge on any atom is 0.309 e. The van der Waals surface area contributed by atoms with Crippen molar-refractivity contribution in [3.63, 3.8) is 0 Å². The molecule has 2 rings (SSSR count). The van der Waals surface area contributed by atoms with Gasteiger partial charge in [-0.3, -0.25) is 14.5 Å². The van der Waals surface area contributed by atoms with Crippen molar-refractivity contribution in [2.75, 3.05) is 13.1 Å². The van der Waals surface area contributed by atoms with Crippen LogP contribution in [0.3, 0.4) is 0 Å². The smallest absolute Gasteiger partial charge is 0.309 e. The zero-order chi connectivity index (χ0) is 13.7. The van der Waals surface area contributed by atoms with E-state index >= 15 is 0 Å². The fourth-order valence-corrected chi connectivity index (χ4v) is 2.33. The van der Waals surface area contributed by atoms with E-state index in [-0.39, 0.29) is 6.04 Å². The lowest BCUT2D eigenvalue weighted by molar-refractivity contribution is -0.137. The van der Waals surface area contributed by atoms with E-state index in [0.717, 1.165) is 32.5 Å². The number of primary amides is 1. The maximum absolute atomic E-state index is 11.2. The van der Waals surface area contributed by atoms with Gasteiger partial charge >= 0.3 is 11.8 Å². The van der Waals surface area contributed by atoms with Gasteiger partial charge in [-0.1, -0.05) is 30.3 Å². The van der Waals surface area contributed by atoms with Gasteiger partial charge in [0, 0.05) is 25.7 Å². The number of rotatable bonds is 3. The molecule has 0 saturated carbocycles. The summed E-state index contributed by atoms with van der Waals surface area (Å²) in [4.78, 5) is 24.2. The molecular formula is C14H19N3O2. The van der Waals surface area contributed by atoms with Crippen LogP contribution in [0.2, 0.25) is 0 Å². The van der Waals surface area contributed by atoms with Gasteiger partial charge in [-0.2, -0.15) is 0 Å². The molecule has 1 aromatic carbocycles. The summed E-state index contributed by atoms with van der Waals surface area (Å²) in [6.45, 7) is 2.76. The second kappa shape index (κ2) is 6.33. The van der Waals surface area contributed by atoms with Crippen LogP contribution in [-0.4, -0.2) is 35.8 Å². The predicted molar refractivity (Wildman–Crippen MR) is 72.1 cm³/mol. The van der Waals surface area contributed by atoms with E-state index in [1.165, 1.54) is 5.56 Å². The van der Waals surface area contributed by atoms with Gasteiger partial charge in [0.2, 0.25) is 0 Å². The molecule has 0 unspecified atom stereocenters. The minimum atomic E-state index is -0.910. The molecule has 0 atom stereocenters. The number of hydrogen-bond donors (Lipinski definition) is 2. The Hall–Kier alpha value is -1.88. The fraction of sp³-hybridized carbons (Fsp3) is 0.429. The number of hydrogen-bond acceptors (Lipinski definition) is 3. The Morgan fingerprint density at radius 3 is 2.42 bits per heavy atom. The number of nitrogens with one attached hydrogen (secondary N) is 1. The van der Waals surface area contributed by atoms with Crippen molar-refractivity contribution in [2.24, 2.45) is 5.73 Å². The number of carbonyl (C=O) groups is 2. The molecule has 1 heterocycles. The molecule has 0 radical (unpaired) electrons. The average molecular weight is 261 g/mol. The number of nitrogens with zero attached hydrogens (tertiary/aromatic N) is 1. The molecule has 0 aromatic heterocycles. The molecule has 2 amide bonds. The quantitative estimate of drug-likeness (QED) is 0.766. The summed E-state index contributed by atoms with van der Waals surface area (Å²) in [5, 5.41) is 2.66. The third kappa shape index (κ3) is 4.06. The summed E-state index contributed by atoms with van der Waals surface area (Å²) in [6.07, 6.45) is 1.71. The summed E-state index contributed by atoms with van der Waals surface area (Å²) in [7, 11) is 0. The number of nitrogens with two attached hydrogens (primary N) is 1. The third-order valence-corrected chi connectivity index (χ3v) is 3.40. The maximum atomic E-state index is 11.2. The lowest BCUT2D eigenvalue weighted by Crippen LogP contribution is -2.47. The lowest BCUT2D eigenvalue weighted by atomic mass is 10.0. The summed E-state index contributed by atoms with van der Waals surface area (Å²) in [6, 6.07) is 10.4. The minimum Gasteiger partial charge on any atom is -0.361 e. The molecule has 3 N–H and O–H groups in total. The number of carbonyl (C=O) groups excluding carboxylic acids is 2. The molecular weight excluding hydrogens is 242 g/mol. The molecule has 1 aliphatic heterocycles. The van der Waals surface area contributed by atoms with Crippen LogP contribution in [0.15, 0.2) is 30.3 Å². The first kappa shape index (κ1) is 13.5. The van der Waals surface area contributed by atoms with Crippen LogP contribution in [0.1, 0.15) is 18.4 Å². The van der Waals surface area contributed by atoms with E-state index in [1.807, 2.05) is 18.2 Å². The van der Waals surface area contributed by atoms with E-state index in [4.69, 9.17) is 5.73 Å². The molecule has 102 valence electrons. The van der Waals surface area contributed by atoms with Gasteiger partial charge in [-0.25, -0.2) is 0 Å². The Labute approximate surface area is 112 Å². The van der Waals surface area contributed by atoms with Crippen molar-refractivity contribution in [1.82, 2.24) is 10.2 Å². The Balaban J connectivity index is 1.76. The Morgan fingerprint density at radius 2 is 1.84 bits per heavy atom. The number of likely N-dealkylation sites (tertiary alicyclic amines) is 1. The van der Waals surface area contributed by atoms with Crippen molar-refractivity contribution in [2.45, 2.75) is 25.4 Å². The third-order valence-electron chi connectivity index (χ3n) is 3.40. The molecule has 1 aromatic rings. The highest BCUT2D eigenvalue weighted by atomic mass is 16.2. The number of piperidine rings is 1. The summed E-state index contributed by atoms with van der Waals surface area (Å²) in [5.41, 5.74) is 6.21. The standard InChI is InChI=1S/C14H19N3O2/c15-13(18)14(19)16-12-6-8-17(9-7-12)10-11-4-2-1-3-5-11/h1-5,12H,6-10H2,(H2,15,18)(H,16,19). The molecule has 0 aliphatic carbocycles. The summed E-state index contributed by atoms with van der Waals surface area (Å²) >= 11 is 0. The van der Waals surface area contributed by atoms with Crippen molar-refractivity contribution < 1.29 is 9.59 Å². The van der Waals surface area contributed by atoms with E-state index in [1.54, 1.807) is 0 Å². The van der Waals surface area contributed by atoms with Gasteiger partial charge in [0.15, 0.2) is 0 Å². The number of amides is 2. The molecule has 1 fully saturated rings. The van der Waals surface area contributed by atoms with E-state index in [0.29, 0.717) is 0 Å². The zero-order valence-corrected chi connectivity index (χ0v) is 10.8. The van der Waals surface area contributed by atoms with E-state index in [2.05, 4.69) is 22.3 Å². The van der Waals surface area contributed by atoms with Gasteiger partial charge in [-0.05, 0) is 18.4 Å². The lowest BCUT2D eigenvalue weighted by Gasteiger charge is -2.32. The van der Waals surface area contributed by atoms with Crippen molar-refractivity contribution in [3.05, 3.63) is 35.9 Å². The Bertz CT molecular complexity index is 439. The van der Waals surface area contributed by atoms with Crippen molar-refractivity contribution >= 4 is 11.8 Å². The summed E-state index contributed by atoms with van der Waals surface area (Å²) < 4.78 is 0. The van der Waals surface area contributed by atoms with Gasteiger partial charge in [0.05, 0.1) is 0 Å². The van der Waals surface area contributed by atoms with Crippen LogP contribution in [-0.2, 0) is 16.1 Å². The highest BCUT2D eigenvalue weighted by Gasteiger charge is 2.22. The predicted octanol–water partition coefficient (Wildman–Crippen LogP) is 0.253. The average Bonchev–Trinajstić information content (AvgIpc) is 2.42. The largest absolute Gasteiger partial charge is 0.361 e. The first-order valence-electron chi connectivity index (χ1n) is 6.52. The molecule has 0 spiro atoms. The van der Waals surface area contributed by atoms with Gasteiger partial charge < -0.3 is 11.1 Å². The molecule has 1 aliphatic rings.